The van der Waals surface area contributed by atoms with Crippen LogP contribution in [0, 0.1) is 0 Å². The van der Waals surface area contributed by atoms with Gasteiger partial charge >= 0.3 is 6.09 Å². The predicted molar refractivity (Wildman–Crippen MR) is 80.4 cm³/mol. The molecular formula is C14H20N4O3. The van der Waals surface area contributed by atoms with E-state index in [-0.39, 0.29) is 11.9 Å². The molecule has 1 heterocycles. The quantitative estimate of drug-likeness (QED) is 0.707. The summed E-state index contributed by atoms with van der Waals surface area (Å²) in [5.41, 5.74) is 7.98. The molecule has 1 aromatic carbocycles. The molecular weight excluding hydrogens is 272 g/mol. The maximum absolute atomic E-state index is 11.7. The zero-order valence-electron chi connectivity index (χ0n) is 12.2. The Bertz CT molecular complexity index is 547. The minimum absolute atomic E-state index is 0.0144. The molecule has 2 amide bonds. The van der Waals surface area contributed by atoms with E-state index in [2.05, 4.69) is 20.3 Å². The average molecular weight is 292 g/mol. The summed E-state index contributed by atoms with van der Waals surface area (Å²) in [6, 6.07) is 5.20. The normalized spacial score (nSPS) is 17.4. The molecule has 1 unspecified atom stereocenters. The third kappa shape index (κ3) is 3.36. The van der Waals surface area contributed by atoms with Crippen LogP contribution in [-0.2, 0) is 4.74 Å². The molecule has 1 aliphatic rings. The molecule has 1 aromatic rings. The number of carbonyl (C=O) groups excluding carboxylic acids is 2. The van der Waals surface area contributed by atoms with Crippen LogP contribution in [-0.4, -0.2) is 45.3 Å². The lowest BCUT2D eigenvalue weighted by molar-refractivity contribution is 0.0963. The van der Waals surface area contributed by atoms with E-state index >= 15 is 0 Å². The van der Waals surface area contributed by atoms with Gasteiger partial charge in [-0.2, -0.15) is 0 Å². The van der Waals surface area contributed by atoms with Gasteiger partial charge in [0, 0.05) is 25.7 Å². The lowest BCUT2D eigenvalue weighted by Crippen LogP contribution is -2.37. The third-order valence-electron chi connectivity index (χ3n) is 3.56. The Balaban J connectivity index is 2.12. The fourth-order valence-electron chi connectivity index (χ4n) is 2.43. The minimum atomic E-state index is -0.436. The van der Waals surface area contributed by atoms with Crippen molar-refractivity contribution >= 4 is 23.4 Å². The molecule has 1 atom stereocenters. The third-order valence-corrected chi connectivity index (χ3v) is 3.56. The van der Waals surface area contributed by atoms with Gasteiger partial charge in [-0.05, 0) is 24.6 Å². The summed E-state index contributed by atoms with van der Waals surface area (Å²) in [5, 5.41) is 5.36. The van der Waals surface area contributed by atoms with E-state index in [1.54, 1.807) is 25.2 Å². The molecule has 7 heteroatoms. The summed E-state index contributed by atoms with van der Waals surface area (Å²) in [5.74, 6) is -0.153. The Morgan fingerprint density at radius 3 is 2.86 bits per heavy atom. The number of ether oxygens (including phenoxy) is 1. The number of rotatable bonds is 3. The second-order valence-corrected chi connectivity index (χ2v) is 4.92. The number of nitrogen functional groups attached to an aromatic ring is 1. The number of benzene rings is 1. The molecule has 0 radical (unpaired) electrons. The highest BCUT2D eigenvalue weighted by molar-refractivity contribution is 5.96. The van der Waals surface area contributed by atoms with Gasteiger partial charge in [-0.15, -0.1) is 0 Å². The molecule has 1 fully saturated rings. The van der Waals surface area contributed by atoms with Crippen molar-refractivity contribution in [3.8, 4) is 0 Å². The van der Waals surface area contributed by atoms with Gasteiger partial charge in [-0.3, -0.25) is 4.79 Å². The Kier molecular flexibility index (Phi) is 4.52. The van der Waals surface area contributed by atoms with Crippen molar-refractivity contribution < 1.29 is 14.3 Å². The second-order valence-electron chi connectivity index (χ2n) is 4.92. The number of methoxy groups -OCH3 is 1. The number of hydrogen-bond acceptors (Lipinski definition) is 5. The van der Waals surface area contributed by atoms with Crippen molar-refractivity contribution in [2.45, 2.75) is 12.5 Å². The summed E-state index contributed by atoms with van der Waals surface area (Å²) in [4.78, 5) is 25.0. The number of hydrogen-bond donors (Lipinski definition) is 3. The van der Waals surface area contributed by atoms with Gasteiger partial charge in [0.2, 0.25) is 0 Å². The minimum Gasteiger partial charge on any atom is -0.453 e. The molecule has 2 rings (SSSR count). The molecule has 0 aliphatic carbocycles. The topological polar surface area (TPSA) is 96.7 Å². The van der Waals surface area contributed by atoms with E-state index in [0.29, 0.717) is 17.8 Å². The van der Waals surface area contributed by atoms with E-state index in [1.165, 1.54) is 7.11 Å². The molecule has 4 N–H and O–H groups in total. The summed E-state index contributed by atoms with van der Waals surface area (Å²) in [7, 11) is 2.93. The SMILES string of the molecule is CNC(=O)c1ccc(N)c(N2CCC(NC(=O)OC)C2)c1. The molecule has 7 nitrogen and oxygen atoms in total. The van der Waals surface area contributed by atoms with E-state index < -0.39 is 6.09 Å². The van der Waals surface area contributed by atoms with Crippen LogP contribution in [0.15, 0.2) is 18.2 Å². The smallest absolute Gasteiger partial charge is 0.407 e. The van der Waals surface area contributed by atoms with Crippen molar-refractivity contribution in [2.24, 2.45) is 0 Å². The Hall–Kier alpha value is -2.44. The molecule has 21 heavy (non-hydrogen) atoms. The predicted octanol–water partition coefficient (Wildman–Crippen LogP) is 0.563. The maximum Gasteiger partial charge on any atom is 0.407 e. The highest BCUT2D eigenvalue weighted by Gasteiger charge is 2.25. The van der Waals surface area contributed by atoms with Gasteiger partial charge in [0.15, 0.2) is 0 Å². The first-order valence-corrected chi connectivity index (χ1v) is 6.76. The largest absolute Gasteiger partial charge is 0.453 e. The molecule has 1 aliphatic heterocycles. The first-order valence-electron chi connectivity index (χ1n) is 6.76. The monoisotopic (exact) mass is 292 g/mol. The zero-order chi connectivity index (χ0) is 15.4. The van der Waals surface area contributed by atoms with Gasteiger partial charge in [0.05, 0.1) is 24.5 Å². The van der Waals surface area contributed by atoms with Crippen molar-refractivity contribution in [1.82, 2.24) is 10.6 Å². The summed E-state index contributed by atoms with van der Waals surface area (Å²) >= 11 is 0. The Morgan fingerprint density at radius 1 is 1.43 bits per heavy atom. The van der Waals surface area contributed by atoms with Crippen molar-refractivity contribution in [1.29, 1.82) is 0 Å². The molecule has 0 aromatic heterocycles. The number of amides is 2. The van der Waals surface area contributed by atoms with Crippen molar-refractivity contribution in [2.75, 3.05) is 37.9 Å². The van der Waals surface area contributed by atoms with Crippen molar-refractivity contribution in [3.05, 3.63) is 23.8 Å². The number of nitrogens with one attached hydrogen (secondary N) is 2. The van der Waals surface area contributed by atoms with Crippen LogP contribution in [0.3, 0.4) is 0 Å². The van der Waals surface area contributed by atoms with Gasteiger partial charge in [0.1, 0.15) is 0 Å². The standard InChI is InChI=1S/C14H20N4O3/c1-16-13(19)9-3-4-11(15)12(7-9)18-6-5-10(8-18)17-14(20)21-2/h3-4,7,10H,5-6,8,15H2,1-2H3,(H,16,19)(H,17,20). The second kappa shape index (κ2) is 6.34. The first-order chi connectivity index (χ1) is 10.0. The fourth-order valence-corrected chi connectivity index (χ4v) is 2.43. The number of nitrogens with zero attached hydrogens (tertiary/aromatic N) is 1. The Morgan fingerprint density at radius 2 is 2.19 bits per heavy atom. The van der Waals surface area contributed by atoms with Gasteiger partial charge < -0.3 is 26.0 Å². The molecule has 1 saturated heterocycles. The van der Waals surface area contributed by atoms with E-state index in [0.717, 1.165) is 18.7 Å². The summed E-state index contributed by atoms with van der Waals surface area (Å²) in [6.07, 6.45) is 0.368. The van der Waals surface area contributed by atoms with Crippen LogP contribution in [0.5, 0.6) is 0 Å². The fraction of sp³-hybridized carbons (Fsp3) is 0.429. The number of anilines is 2. The van der Waals surface area contributed by atoms with Crippen LogP contribution in [0.4, 0.5) is 16.2 Å². The van der Waals surface area contributed by atoms with Crippen LogP contribution in [0.2, 0.25) is 0 Å². The van der Waals surface area contributed by atoms with Crippen LogP contribution in [0.1, 0.15) is 16.8 Å². The highest BCUT2D eigenvalue weighted by Crippen LogP contribution is 2.28. The summed E-state index contributed by atoms with van der Waals surface area (Å²) < 4.78 is 4.60. The number of carbonyl (C=O) groups is 2. The Labute approximate surface area is 123 Å². The van der Waals surface area contributed by atoms with E-state index in [9.17, 15) is 9.59 Å². The molecule has 0 saturated carbocycles. The van der Waals surface area contributed by atoms with E-state index in [4.69, 9.17) is 5.73 Å². The number of nitrogens with two attached hydrogens (primary N) is 1. The molecule has 0 bridgehead atoms. The zero-order valence-corrected chi connectivity index (χ0v) is 12.2. The van der Waals surface area contributed by atoms with Gasteiger partial charge in [-0.1, -0.05) is 0 Å². The van der Waals surface area contributed by atoms with E-state index in [1.807, 2.05) is 0 Å². The van der Waals surface area contributed by atoms with Crippen LogP contribution in [0.25, 0.3) is 0 Å². The van der Waals surface area contributed by atoms with Gasteiger partial charge in [0.25, 0.3) is 5.91 Å². The summed E-state index contributed by atoms with van der Waals surface area (Å²) in [6.45, 7) is 1.40. The molecule has 0 spiro atoms. The maximum atomic E-state index is 11.7. The first kappa shape index (κ1) is 15.0. The number of alkyl carbamates (subject to hydrolysis) is 1. The van der Waals surface area contributed by atoms with Crippen LogP contribution >= 0.6 is 0 Å². The average Bonchev–Trinajstić information content (AvgIpc) is 2.95. The lowest BCUT2D eigenvalue weighted by atomic mass is 10.1. The van der Waals surface area contributed by atoms with Crippen molar-refractivity contribution in [3.63, 3.8) is 0 Å². The molecule has 114 valence electrons. The lowest BCUT2D eigenvalue weighted by Gasteiger charge is -2.21. The highest BCUT2D eigenvalue weighted by atomic mass is 16.5. The van der Waals surface area contributed by atoms with Gasteiger partial charge in [-0.25, -0.2) is 4.79 Å². The van der Waals surface area contributed by atoms with Crippen LogP contribution < -0.4 is 21.3 Å².